The number of ether oxygens (including phenoxy) is 1. The predicted molar refractivity (Wildman–Crippen MR) is 147 cm³/mol. The first-order valence-electron chi connectivity index (χ1n) is 12.2. The van der Waals surface area contributed by atoms with Crippen LogP contribution in [0.3, 0.4) is 0 Å². The molecular formula is C29H32N4O2S. The summed E-state index contributed by atoms with van der Waals surface area (Å²) in [7, 11) is 0. The third-order valence-corrected chi connectivity index (χ3v) is 8.17. The minimum absolute atomic E-state index is 0. The Hall–Kier alpha value is -3.10. The number of nitrogens with zero attached hydrogens (tertiary/aromatic N) is 3. The van der Waals surface area contributed by atoms with Crippen LogP contribution in [-0.2, 0) is 4.74 Å². The highest BCUT2D eigenvalue weighted by atomic mass is 32.1. The number of benzene rings is 2. The van der Waals surface area contributed by atoms with Gasteiger partial charge in [-0.25, -0.2) is 9.97 Å². The van der Waals surface area contributed by atoms with Crippen LogP contribution in [0.2, 0.25) is 0 Å². The number of morpholine rings is 1. The molecule has 1 saturated heterocycles. The Balaban J connectivity index is 0.00000267. The Kier molecular flexibility index (Phi) is 6.90. The van der Waals surface area contributed by atoms with Gasteiger partial charge in [-0.2, -0.15) is 0 Å². The van der Waals surface area contributed by atoms with Gasteiger partial charge in [-0.1, -0.05) is 54.6 Å². The van der Waals surface area contributed by atoms with Crippen LogP contribution in [0.4, 0.5) is 5.82 Å². The van der Waals surface area contributed by atoms with E-state index in [9.17, 15) is 5.11 Å². The van der Waals surface area contributed by atoms with Gasteiger partial charge in [-0.3, -0.25) is 0 Å². The number of anilines is 1. The van der Waals surface area contributed by atoms with Gasteiger partial charge >= 0.3 is 0 Å². The largest absolute Gasteiger partial charge is 0.390 e. The van der Waals surface area contributed by atoms with Crippen LogP contribution in [0, 0.1) is 0 Å². The first-order valence-corrected chi connectivity index (χ1v) is 13.1. The smallest absolute Gasteiger partial charge is 0.128 e. The average molecular weight is 501 g/mol. The van der Waals surface area contributed by atoms with E-state index in [4.69, 9.17) is 14.7 Å². The Bertz CT molecular complexity index is 1290. The van der Waals surface area contributed by atoms with Crippen molar-refractivity contribution in [3.8, 4) is 32.3 Å². The first kappa shape index (κ1) is 24.6. The standard InChI is InChI=1S/C29H29N3O2S.H3N/c1-29(33)17-24(18-29)20-7-9-21(10-8-20)26-27(22-5-3-2-4-6-22)35-28(31-26)23-11-12-25(30-19-23)32-13-15-34-16-14-32;/h2-12,19,24,33H,13-18H2,1H3;1H3. The second-order valence-electron chi connectivity index (χ2n) is 9.79. The van der Waals surface area contributed by atoms with E-state index in [-0.39, 0.29) is 6.15 Å². The minimum atomic E-state index is -0.515. The van der Waals surface area contributed by atoms with E-state index in [0.29, 0.717) is 5.92 Å². The van der Waals surface area contributed by atoms with Crippen molar-refractivity contribution in [1.82, 2.24) is 16.1 Å². The monoisotopic (exact) mass is 500 g/mol. The van der Waals surface area contributed by atoms with Crippen LogP contribution < -0.4 is 11.1 Å². The molecule has 4 aromatic rings. The van der Waals surface area contributed by atoms with Crippen molar-refractivity contribution in [2.24, 2.45) is 0 Å². The molecule has 3 heterocycles. The number of aliphatic hydroxyl groups is 1. The van der Waals surface area contributed by atoms with Gasteiger partial charge in [0.25, 0.3) is 0 Å². The van der Waals surface area contributed by atoms with Gasteiger partial charge in [0.05, 0.1) is 29.4 Å². The topological polar surface area (TPSA) is 93.5 Å². The number of rotatable bonds is 5. The molecule has 6 nitrogen and oxygen atoms in total. The number of aromatic nitrogens is 2. The van der Waals surface area contributed by atoms with Gasteiger partial charge < -0.3 is 20.9 Å². The van der Waals surface area contributed by atoms with Gasteiger partial charge in [0.2, 0.25) is 0 Å². The highest BCUT2D eigenvalue weighted by Crippen LogP contribution is 2.45. The van der Waals surface area contributed by atoms with Crippen molar-refractivity contribution < 1.29 is 9.84 Å². The van der Waals surface area contributed by atoms with Crippen LogP contribution in [0.1, 0.15) is 31.2 Å². The van der Waals surface area contributed by atoms with Crippen molar-refractivity contribution in [3.05, 3.63) is 78.5 Å². The van der Waals surface area contributed by atoms with Gasteiger partial charge in [0.1, 0.15) is 10.8 Å². The summed E-state index contributed by atoms with van der Waals surface area (Å²) in [6.45, 7) is 5.17. The molecule has 1 aliphatic heterocycles. The zero-order chi connectivity index (χ0) is 23.8. The van der Waals surface area contributed by atoms with Crippen LogP contribution in [-0.4, -0.2) is 47.0 Å². The SMILES string of the molecule is CC1(O)CC(c2ccc(-c3nc(-c4ccc(N5CCOCC5)nc4)sc3-c3ccccc3)cc2)C1.N. The number of hydrogen-bond acceptors (Lipinski definition) is 7. The number of hydrogen-bond donors (Lipinski definition) is 2. The summed E-state index contributed by atoms with van der Waals surface area (Å²) in [4.78, 5) is 13.3. The lowest BCUT2D eigenvalue weighted by Gasteiger charge is -2.41. The Labute approximate surface area is 216 Å². The highest BCUT2D eigenvalue weighted by Gasteiger charge is 2.38. The first-order chi connectivity index (χ1) is 17.1. The third-order valence-electron chi connectivity index (χ3n) is 7.02. The minimum Gasteiger partial charge on any atom is -0.390 e. The molecule has 6 rings (SSSR count). The number of pyridine rings is 1. The van der Waals surface area contributed by atoms with Crippen molar-refractivity contribution in [2.45, 2.75) is 31.3 Å². The lowest BCUT2D eigenvalue weighted by molar-refractivity contribution is -0.0313. The van der Waals surface area contributed by atoms with E-state index in [1.54, 1.807) is 11.3 Å². The maximum Gasteiger partial charge on any atom is 0.128 e. The van der Waals surface area contributed by atoms with Gasteiger partial charge in [-0.05, 0) is 48.9 Å². The molecule has 2 aliphatic rings. The Morgan fingerprint density at radius 1 is 0.917 bits per heavy atom. The summed E-state index contributed by atoms with van der Waals surface area (Å²) in [6, 6.07) is 23.4. The molecule has 0 spiro atoms. The van der Waals surface area contributed by atoms with Crippen LogP contribution >= 0.6 is 11.3 Å². The zero-order valence-corrected chi connectivity index (χ0v) is 21.4. The van der Waals surface area contributed by atoms with E-state index in [2.05, 4.69) is 65.6 Å². The molecule has 0 radical (unpaired) electrons. The lowest BCUT2D eigenvalue weighted by atomic mass is 9.69. The van der Waals surface area contributed by atoms with E-state index in [1.165, 1.54) is 11.1 Å². The molecule has 0 amide bonds. The van der Waals surface area contributed by atoms with E-state index in [1.807, 2.05) is 19.2 Å². The van der Waals surface area contributed by atoms with Crippen molar-refractivity contribution in [2.75, 3.05) is 31.2 Å². The molecule has 2 aromatic heterocycles. The Morgan fingerprint density at radius 3 is 2.25 bits per heavy atom. The second kappa shape index (κ2) is 10.1. The molecule has 0 atom stereocenters. The Morgan fingerprint density at radius 2 is 1.61 bits per heavy atom. The molecular weight excluding hydrogens is 468 g/mol. The van der Waals surface area contributed by atoms with E-state index in [0.717, 1.165) is 71.7 Å². The molecule has 2 fully saturated rings. The van der Waals surface area contributed by atoms with E-state index < -0.39 is 5.60 Å². The van der Waals surface area contributed by atoms with Crippen molar-refractivity contribution in [3.63, 3.8) is 0 Å². The van der Waals surface area contributed by atoms with Crippen molar-refractivity contribution >= 4 is 17.2 Å². The molecule has 7 heteroatoms. The van der Waals surface area contributed by atoms with E-state index >= 15 is 0 Å². The quantitative estimate of drug-likeness (QED) is 0.341. The maximum absolute atomic E-state index is 10.1. The average Bonchev–Trinajstić information content (AvgIpc) is 3.34. The van der Waals surface area contributed by atoms with Crippen LogP contribution in [0.5, 0.6) is 0 Å². The molecule has 36 heavy (non-hydrogen) atoms. The molecule has 1 aliphatic carbocycles. The molecule has 0 unspecified atom stereocenters. The summed E-state index contributed by atoms with van der Waals surface area (Å²) >= 11 is 1.71. The molecule has 186 valence electrons. The summed E-state index contributed by atoms with van der Waals surface area (Å²) in [5.74, 6) is 1.43. The summed E-state index contributed by atoms with van der Waals surface area (Å²) < 4.78 is 5.46. The molecule has 1 saturated carbocycles. The predicted octanol–water partition coefficient (Wildman–Crippen LogP) is 6.17. The van der Waals surface area contributed by atoms with Crippen LogP contribution in [0.25, 0.3) is 32.3 Å². The zero-order valence-electron chi connectivity index (χ0n) is 20.6. The van der Waals surface area contributed by atoms with Gasteiger partial charge in [-0.15, -0.1) is 11.3 Å². The normalized spacial score (nSPS) is 21.5. The fraction of sp³-hybridized carbons (Fsp3) is 0.310. The lowest BCUT2D eigenvalue weighted by Crippen LogP contribution is -2.39. The van der Waals surface area contributed by atoms with Gasteiger partial charge in [0.15, 0.2) is 0 Å². The highest BCUT2D eigenvalue weighted by molar-refractivity contribution is 7.19. The third kappa shape index (κ3) is 4.92. The second-order valence-corrected chi connectivity index (χ2v) is 10.8. The van der Waals surface area contributed by atoms with Crippen LogP contribution in [0.15, 0.2) is 72.9 Å². The fourth-order valence-corrected chi connectivity index (χ4v) is 6.15. The molecule has 0 bridgehead atoms. The summed E-state index contributed by atoms with van der Waals surface area (Å²) in [5, 5.41) is 11.1. The van der Waals surface area contributed by atoms with Gasteiger partial charge in [0, 0.05) is 30.4 Å². The molecule has 2 aromatic carbocycles. The maximum atomic E-state index is 10.1. The molecule has 4 N–H and O–H groups in total. The fourth-order valence-electron chi connectivity index (χ4n) is 5.07. The summed E-state index contributed by atoms with van der Waals surface area (Å²) in [5.41, 5.74) is 5.09. The number of thiazole rings is 1. The summed E-state index contributed by atoms with van der Waals surface area (Å²) in [6.07, 6.45) is 3.60. The van der Waals surface area contributed by atoms with Crippen molar-refractivity contribution in [1.29, 1.82) is 0 Å².